The standard InChI is InChI=1S/C14H20N2O/c15-11-6-7-14(17,9-11)12-5-1-3-10-4-2-8-16-13(10)12/h2,4,8,11-12,17H,1,3,5-7,9,15H2. The summed E-state index contributed by atoms with van der Waals surface area (Å²) in [4.78, 5) is 4.51. The molecule has 0 aromatic carbocycles. The van der Waals surface area contributed by atoms with Crippen LogP contribution in [0.1, 0.15) is 49.3 Å². The van der Waals surface area contributed by atoms with Crippen LogP contribution < -0.4 is 5.73 Å². The molecule has 0 bridgehead atoms. The largest absolute Gasteiger partial charge is 0.389 e. The molecule has 1 saturated carbocycles. The summed E-state index contributed by atoms with van der Waals surface area (Å²) in [6, 6.07) is 4.30. The first kappa shape index (κ1) is 11.2. The van der Waals surface area contributed by atoms with Crippen molar-refractivity contribution in [2.75, 3.05) is 0 Å². The maximum absolute atomic E-state index is 10.8. The van der Waals surface area contributed by atoms with Crippen molar-refractivity contribution in [3.05, 3.63) is 29.6 Å². The summed E-state index contributed by atoms with van der Waals surface area (Å²) < 4.78 is 0. The lowest BCUT2D eigenvalue weighted by molar-refractivity contribution is 0.0104. The third-order valence-corrected chi connectivity index (χ3v) is 4.41. The van der Waals surface area contributed by atoms with Crippen LogP contribution in [0.15, 0.2) is 18.3 Å². The first-order valence-electron chi connectivity index (χ1n) is 6.61. The van der Waals surface area contributed by atoms with Gasteiger partial charge in [0.05, 0.1) is 5.60 Å². The number of rotatable bonds is 1. The highest BCUT2D eigenvalue weighted by atomic mass is 16.3. The molecule has 0 aliphatic heterocycles. The summed E-state index contributed by atoms with van der Waals surface area (Å²) in [7, 11) is 0. The molecule has 1 aromatic rings. The second kappa shape index (κ2) is 4.07. The minimum atomic E-state index is -0.608. The van der Waals surface area contributed by atoms with Crippen LogP contribution in [-0.2, 0) is 6.42 Å². The number of aromatic nitrogens is 1. The van der Waals surface area contributed by atoms with Crippen molar-refractivity contribution >= 4 is 0 Å². The van der Waals surface area contributed by atoms with Crippen molar-refractivity contribution < 1.29 is 5.11 Å². The highest BCUT2D eigenvalue weighted by molar-refractivity contribution is 5.29. The maximum Gasteiger partial charge on any atom is 0.0746 e. The van der Waals surface area contributed by atoms with Crippen LogP contribution in [0.4, 0.5) is 0 Å². The van der Waals surface area contributed by atoms with Gasteiger partial charge >= 0.3 is 0 Å². The van der Waals surface area contributed by atoms with E-state index in [4.69, 9.17) is 5.73 Å². The zero-order chi connectivity index (χ0) is 11.9. The molecule has 3 rings (SSSR count). The molecule has 1 fully saturated rings. The summed E-state index contributed by atoms with van der Waals surface area (Å²) in [5, 5.41) is 10.8. The van der Waals surface area contributed by atoms with E-state index in [9.17, 15) is 5.11 Å². The number of hydrogen-bond acceptors (Lipinski definition) is 3. The molecule has 3 nitrogen and oxygen atoms in total. The van der Waals surface area contributed by atoms with Gasteiger partial charge in [0.25, 0.3) is 0 Å². The first-order chi connectivity index (χ1) is 8.19. The van der Waals surface area contributed by atoms with Gasteiger partial charge in [0.15, 0.2) is 0 Å². The highest BCUT2D eigenvalue weighted by Crippen LogP contribution is 2.45. The monoisotopic (exact) mass is 232 g/mol. The van der Waals surface area contributed by atoms with Gasteiger partial charge in [-0.25, -0.2) is 0 Å². The smallest absolute Gasteiger partial charge is 0.0746 e. The van der Waals surface area contributed by atoms with Gasteiger partial charge < -0.3 is 10.8 Å². The van der Waals surface area contributed by atoms with E-state index in [1.807, 2.05) is 12.3 Å². The Hall–Kier alpha value is -0.930. The van der Waals surface area contributed by atoms with Gasteiger partial charge in [0.1, 0.15) is 0 Å². The Morgan fingerprint density at radius 1 is 1.41 bits per heavy atom. The van der Waals surface area contributed by atoms with Gasteiger partial charge in [-0.1, -0.05) is 6.07 Å². The number of nitrogens with two attached hydrogens (primary N) is 1. The van der Waals surface area contributed by atoms with Crippen molar-refractivity contribution in [2.45, 2.75) is 56.1 Å². The van der Waals surface area contributed by atoms with Gasteiger partial charge in [-0.05, 0) is 50.2 Å². The van der Waals surface area contributed by atoms with Crippen molar-refractivity contribution in [3.63, 3.8) is 0 Å². The Kier molecular flexibility index (Phi) is 2.68. The van der Waals surface area contributed by atoms with Crippen molar-refractivity contribution in [3.8, 4) is 0 Å². The molecule has 2 aliphatic carbocycles. The second-order valence-corrected chi connectivity index (χ2v) is 5.60. The fraction of sp³-hybridized carbons (Fsp3) is 0.643. The summed E-state index contributed by atoms with van der Waals surface area (Å²) in [6.07, 6.45) is 7.64. The molecule has 2 aliphatic rings. The molecule has 0 amide bonds. The van der Waals surface area contributed by atoms with E-state index < -0.39 is 5.60 Å². The molecule has 3 heteroatoms. The number of aryl methyl sites for hydroxylation is 1. The van der Waals surface area contributed by atoms with E-state index in [2.05, 4.69) is 11.1 Å². The van der Waals surface area contributed by atoms with Crippen LogP contribution in [0.25, 0.3) is 0 Å². The quantitative estimate of drug-likeness (QED) is 0.775. The Labute approximate surface area is 102 Å². The Balaban J connectivity index is 1.95. The van der Waals surface area contributed by atoms with E-state index in [1.54, 1.807) is 0 Å². The molecule has 1 aromatic heterocycles. The minimum absolute atomic E-state index is 0.161. The average molecular weight is 232 g/mol. The maximum atomic E-state index is 10.8. The van der Waals surface area contributed by atoms with E-state index in [0.29, 0.717) is 0 Å². The Bertz CT molecular complexity index is 420. The van der Waals surface area contributed by atoms with Crippen molar-refractivity contribution in [1.29, 1.82) is 0 Å². The molecule has 0 saturated heterocycles. The van der Waals surface area contributed by atoms with Gasteiger partial charge in [0, 0.05) is 23.9 Å². The zero-order valence-corrected chi connectivity index (χ0v) is 10.1. The lowest BCUT2D eigenvalue weighted by Crippen LogP contribution is -2.37. The van der Waals surface area contributed by atoms with E-state index in [-0.39, 0.29) is 12.0 Å². The third kappa shape index (κ3) is 1.87. The molecule has 17 heavy (non-hydrogen) atoms. The molecule has 92 valence electrons. The van der Waals surface area contributed by atoms with Crippen LogP contribution >= 0.6 is 0 Å². The van der Waals surface area contributed by atoms with Crippen LogP contribution in [0.5, 0.6) is 0 Å². The van der Waals surface area contributed by atoms with Crippen LogP contribution in [0.3, 0.4) is 0 Å². The molecule has 3 unspecified atom stereocenters. The minimum Gasteiger partial charge on any atom is -0.389 e. The second-order valence-electron chi connectivity index (χ2n) is 5.60. The fourth-order valence-corrected chi connectivity index (χ4v) is 3.54. The summed E-state index contributed by atoms with van der Waals surface area (Å²) in [6.45, 7) is 0. The van der Waals surface area contributed by atoms with Gasteiger partial charge in [-0.2, -0.15) is 0 Å². The fourth-order valence-electron chi connectivity index (χ4n) is 3.54. The predicted octanol–water partition coefficient (Wildman–Crippen LogP) is 1.74. The van der Waals surface area contributed by atoms with E-state index in [0.717, 1.165) is 44.2 Å². The van der Waals surface area contributed by atoms with E-state index in [1.165, 1.54) is 5.56 Å². The number of pyridine rings is 1. The number of nitrogens with zero attached hydrogens (tertiary/aromatic N) is 1. The van der Waals surface area contributed by atoms with Gasteiger partial charge in [-0.3, -0.25) is 4.98 Å². The Morgan fingerprint density at radius 2 is 2.29 bits per heavy atom. The molecule has 1 heterocycles. The summed E-state index contributed by atoms with van der Waals surface area (Å²) in [5.74, 6) is 0.195. The lowest BCUT2D eigenvalue weighted by Gasteiger charge is -2.36. The zero-order valence-electron chi connectivity index (χ0n) is 10.1. The molecule has 0 radical (unpaired) electrons. The summed E-state index contributed by atoms with van der Waals surface area (Å²) in [5.41, 5.74) is 7.79. The average Bonchev–Trinajstić information content (AvgIpc) is 2.70. The molecule has 3 atom stereocenters. The van der Waals surface area contributed by atoms with Crippen LogP contribution in [0.2, 0.25) is 0 Å². The van der Waals surface area contributed by atoms with Gasteiger partial charge in [0.2, 0.25) is 0 Å². The van der Waals surface area contributed by atoms with Crippen LogP contribution in [0, 0.1) is 0 Å². The molecular formula is C14H20N2O. The highest BCUT2D eigenvalue weighted by Gasteiger charge is 2.45. The molecule has 0 spiro atoms. The first-order valence-corrected chi connectivity index (χ1v) is 6.61. The number of fused-ring (bicyclic) bond motifs is 1. The topological polar surface area (TPSA) is 59.1 Å². The van der Waals surface area contributed by atoms with Crippen LogP contribution in [-0.4, -0.2) is 21.7 Å². The van der Waals surface area contributed by atoms with E-state index >= 15 is 0 Å². The number of hydrogen-bond donors (Lipinski definition) is 2. The lowest BCUT2D eigenvalue weighted by atomic mass is 9.75. The molecular weight excluding hydrogens is 212 g/mol. The Morgan fingerprint density at radius 3 is 3.06 bits per heavy atom. The predicted molar refractivity (Wildman–Crippen MR) is 66.7 cm³/mol. The summed E-state index contributed by atoms with van der Waals surface area (Å²) >= 11 is 0. The van der Waals surface area contributed by atoms with Crippen molar-refractivity contribution in [1.82, 2.24) is 4.98 Å². The number of aliphatic hydroxyl groups is 1. The van der Waals surface area contributed by atoms with Gasteiger partial charge in [-0.15, -0.1) is 0 Å². The van der Waals surface area contributed by atoms with Crippen molar-refractivity contribution in [2.24, 2.45) is 5.73 Å². The molecule has 3 N–H and O–H groups in total. The normalized spacial score (nSPS) is 36.8. The SMILES string of the molecule is NC1CCC(O)(C2CCCc3cccnc32)C1. The third-order valence-electron chi connectivity index (χ3n) is 4.41.